The Hall–Kier alpha value is -2.68. The fraction of sp³-hybridized carbons (Fsp3) is 0. The van der Waals surface area contributed by atoms with Gasteiger partial charge in [0.1, 0.15) is 11.8 Å². The van der Waals surface area contributed by atoms with E-state index in [1.54, 1.807) is 0 Å². The van der Waals surface area contributed by atoms with Crippen molar-refractivity contribution in [3.63, 3.8) is 0 Å². The van der Waals surface area contributed by atoms with E-state index in [9.17, 15) is 8.78 Å². The predicted octanol–water partition coefficient (Wildman–Crippen LogP) is 2.61. The van der Waals surface area contributed by atoms with Gasteiger partial charge in [0.25, 0.3) is 0 Å². The van der Waals surface area contributed by atoms with E-state index in [0.717, 1.165) is 6.07 Å². The van der Waals surface area contributed by atoms with Crippen molar-refractivity contribution in [2.75, 3.05) is 5.73 Å². The number of nitriles is 1. The second kappa shape index (κ2) is 4.67. The zero-order chi connectivity index (χ0) is 13.1. The maximum absolute atomic E-state index is 13.4. The SMILES string of the molecule is N#Cc1ccnc(Oc2cccc(F)c2F)c1N. The lowest BCUT2D eigenvalue weighted by molar-refractivity contribution is 0.407. The molecule has 0 unspecified atom stereocenters. The smallest absolute Gasteiger partial charge is 0.244 e. The van der Waals surface area contributed by atoms with Crippen molar-refractivity contribution in [1.29, 1.82) is 5.26 Å². The molecule has 0 aliphatic heterocycles. The fourth-order valence-corrected chi connectivity index (χ4v) is 1.30. The highest BCUT2D eigenvalue weighted by atomic mass is 19.2. The summed E-state index contributed by atoms with van der Waals surface area (Å²) >= 11 is 0. The van der Waals surface area contributed by atoms with Crippen LogP contribution in [0, 0.1) is 23.0 Å². The molecule has 6 heteroatoms. The zero-order valence-corrected chi connectivity index (χ0v) is 9.02. The van der Waals surface area contributed by atoms with Crippen molar-refractivity contribution in [1.82, 2.24) is 4.98 Å². The van der Waals surface area contributed by atoms with Crippen LogP contribution in [0.5, 0.6) is 11.6 Å². The van der Waals surface area contributed by atoms with E-state index in [0.29, 0.717) is 0 Å². The van der Waals surface area contributed by atoms with Crippen molar-refractivity contribution >= 4 is 5.69 Å². The molecule has 1 heterocycles. The largest absolute Gasteiger partial charge is 0.434 e. The lowest BCUT2D eigenvalue weighted by atomic mass is 10.2. The molecule has 0 spiro atoms. The highest BCUT2D eigenvalue weighted by molar-refractivity contribution is 5.60. The molecule has 0 aliphatic rings. The van der Waals surface area contributed by atoms with Crippen molar-refractivity contribution in [2.24, 2.45) is 0 Å². The zero-order valence-electron chi connectivity index (χ0n) is 9.02. The first-order chi connectivity index (χ1) is 8.63. The number of pyridine rings is 1. The average molecular weight is 247 g/mol. The molecule has 18 heavy (non-hydrogen) atoms. The van der Waals surface area contributed by atoms with Crippen LogP contribution in [0.25, 0.3) is 0 Å². The average Bonchev–Trinajstić information content (AvgIpc) is 2.37. The molecule has 1 aromatic heterocycles. The lowest BCUT2D eigenvalue weighted by Crippen LogP contribution is -1.99. The van der Waals surface area contributed by atoms with Gasteiger partial charge in [-0.2, -0.15) is 9.65 Å². The van der Waals surface area contributed by atoms with Gasteiger partial charge < -0.3 is 10.5 Å². The van der Waals surface area contributed by atoms with Gasteiger partial charge >= 0.3 is 0 Å². The molecule has 2 rings (SSSR count). The van der Waals surface area contributed by atoms with Gasteiger partial charge in [-0.25, -0.2) is 9.37 Å². The second-order valence-corrected chi connectivity index (χ2v) is 3.34. The van der Waals surface area contributed by atoms with Crippen molar-refractivity contribution in [3.8, 4) is 17.7 Å². The summed E-state index contributed by atoms with van der Waals surface area (Å²) in [5.74, 6) is -2.66. The van der Waals surface area contributed by atoms with Crippen molar-refractivity contribution in [3.05, 3.63) is 47.7 Å². The summed E-state index contributed by atoms with van der Waals surface area (Å²) in [6, 6.07) is 6.72. The van der Waals surface area contributed by atoms with E-state index in [2.05, 4.69) is 4.98 Å². The van der Waals surface area contributed by atoms with Gasteiger partial charge in [-0.1, -0.05) is 6.07 Å². The van der Waals surface area contributed by atoms with Crippen LogP contribution in [0.1, 0.15) is 5.56 Å². The highest BCUT2D eigenvalue weighted by Crippen LogP contribution is 2.29. The highest BCUT2D eigenvalue weighted by Gasteiger charge is 2.13. The Bertz CT molecular complexity index is 638. The maximum Gasteiger partial charge on any atom is 0.244 e. The topological polar surface area (TPSA) is 71.9 Å². The molecule has 4 nitrogen and oxygen atoms in total. The minimum atomic E-state index is -1.14. The Kier molecular flexibility index (Phi) is 3.06. The second-order valence-electron chi connectivity index (χ2n) is 3.34. The number of halogens is 2. The van der Waals surface area contributed by atoms with Crippen LogP contribution in [-0.2, 0) is 0 Å². The molecule has 2 aromatic rings. The van der Waals surface area contributed by atoms with Gasteiger partial charge in [0, 0.05) is 6.20 Å². The van der Waals surface area contributed by atoms with Crippen LogP contribution in [0.4, 0.5) is 14.5 Å². The summed E-state index contributed by atoms with van der Waals surface area (Å²) < 4.78 is 31.4. The minimum absolute atomic E-state index is 0.0244. The number of hydrogen-bond acceptors (Lipinski definition) is 4. The molecule has 0 bridgehead atoms. The summed E-state index contributed by atoms with van der Waals surface area (Å²) in [6.07, 6.45) is 1.29. The number of benzene rings is 1. The van der Waals surface area contributed by atoms with Gasteiger partial charge in [0.15, 0.2) is 11.6 Å². The molecule has 0 amide bonds. The summed E-state index contributed by atoms with van der Waals surface area (Å²) in [7, 11) is 0. The number of anilines is 1. The summed E-state index contributed by atoms with van der Waals surface area (Å²) in [5.41, 5.74) is 5.73. The first-order valence-electron chi connectivity index (χ1n) is 4.90. The van der Waals surface area contributed by atoms with Gasteiger partial charge in [-0.15, -0.1) is 0 Å². The molecular formula is C12H7F2N3O. The van der Waals surface area contributed by atoms with Crippen LogP contribution in [0.15, 0.2) is 30.5 Å². The van der Waals surface area contributed by atoms with E-state index >= 15 is 0 Å². The predicted molar refractivity (Wildman–Crippen MR) is 59.8 cm³/mol. The third-order valence-electron chi connectivity index (χ3n) is 2.20. The van der Waals surface area contributed by atoms with Gasteiger partial charge in [0.05, 0.1) is 5.56 Å². The van der Waals surface area contributed by atoms with E-state index in [4.69, 9.17) is 15.7 Å². The van der Waals surface area contributed by atoms with Crippen molar-refractivity contribution < 1.29 is 13.5 Å². The van der Waals surface area contributed by atoms with Crippen LogP contribution in [0.2, 0.25) is 0 Å². The Balaban J connectivity index is 2.41. The molecular weight excluding hydrogens is 240 g/mol. The Morgan fingerprint density at radius 1 is 1.28 bits per heavy atom. The van der Waals surface area contributed by atoms with Crippen LogP contribution in [-0.4, -0.2) is 4.98 Å². The Labute approximate surface area is 101 Å². The third kappa shape index (κ3) is 2.06. The number of ether oxygens (including phenoxy) is 1. The third-order valence-corrected chi connectivity index (χ3v) is 2.20. The number of hydrogen-bond donors (Lipinski definition) is 1. The Morgan fingerprint density at radius 2 is 2.06 bits per heavy atom. The van der Waals surface area contributed by atoms with E-state index < -0.39 is 11.6 Å². The van der Waals surface area contributed by atoms with Crippen LogP contribution in [0.3, 0.4) is 0 Å². The van der Waals surface area contributed by atoms with Gasteiger partial charge in [0.2, 0.25) is 11.7 Å². The molecule has 0 saturated heterocycles. The number of rotatable bonds is 2. The molecule has 0 radical (unpaired) electrons. The number of nitrogen functional groups attached to an aromatic ring is 1. The minimum Gasteiger partial charge on any atom is -0.434 e. The molecule has 1 aromatic carbocycles. The molecule has 90 valence electrons. The van der Waals surface area contributed by atoms with Gasteiger partial charge in [-0.3, -0.25) is 0 Å². The maximum atomic E-state index is 13.4. The van der Waals surface area contributed by atoms with Crippen LogP contribution < -0.4 is 10.5 Å². The summed E-state index contributed by atoms with van der Waals surface area (Å²) in [4.78, 5) is 3.77. The first-order valence-corrected chi connectivity index (χ1v) is 4.90. The van der Waals surface area contributed by atoms with E-state index in [-0.39, 0.29) is 22.9 Å². The summed E-state index contributed by atoms with van der Waals surface area (Å²) in [6.45, 7) is 0. The Morgan fingerprint density at radius 3 is 2.78 bits per heavy atom. The molecule has 0 aliphatic carbocycles. The molecule has 2 N–H and O–H groups in total. The molecule has 0 atom stereocenters. The number of nitrogens with zero attached hydrogens (tertiary/aromatic N) is 2. The van der Waals surface area contributed by atoms with Gasteiger partial charge in [-0.05, 0) is 18.2 Å². The summed E-state index contributed by atoms with van der Waals surface area (Å²) in [5, 5.41) is 8.76. The first kappa shape index (κ1) is 11.8. The number of nitrogens with two attached hydrogens (primary N) is 1. The van der Waals surface area contributed by atoms with Crippen LogP contribution >= 0.6 is 0 Å². The molecule has 0 fully saturated rings. The lowest BCUT2D eigenvalue weighted by Gasteiger charge is -2.08. The molecule has 0 saturated carbocycles. The van der Waals surface area contributed by atoms with Crippen molar-refractivity contribution in [2.45, 2.75) is 0 Å². The normalized spacial score (nSPS) is 9.83. The fourth-order valence-electron chi connectivity index (χ4n) is 1.30. The number of aromatic nitrogens is 1. The quantitative estimate of drug-likeness (QED) is 0.885. The van der Waals surface area contributed by atoms with E-state index in [1.165, 1.54) is 24.4 Å². The standard InChI is InChI=1S/C12H7F2N3O/c13-8-2-1-3-9(10(8)14)18-12-11(16)7(6-15)4-5-17-12/h1-5H,16H2. The monoisotopic (exact) mass is 247 g/mol. The van der Waals surface area contributed by atoms with E-state index in [1.807, 2.05) is 6.07 Å².